The van der Waals surface area contributed by atoms with Crippen LogP contribution in [0.2, 0.25) is 0 Å². The van der Waals surface area contributed by atoms with Crippen molar-refractivity contribution in [2.45, 2.75) is 31.1 Å². The van der Waals surface area contributed by atoms with Crippen molar-refractivity contribution < 1.29 is 32.2 Å². The van der Waals surface area contributed by atoms with Gasteiger partial charge in [0.2, 0.25) is 5.75 Å². The Morgan fingerprint density at radius 2 is 1.60 bits per heavy atom. The first-order valence-corrected chi connectivity index (χ1v) is 14.5. The van der Waals surface area contributed by atoms with Gasteiger partial charge >= 0.3 is 6.09 Å². The maximum absolute atomic E-state index is 13.3. The second-order valence-corrected chi connectivity index (χ2v) is 11.7. The summed E-state index contributed by atoms with van der Waals surface area (Å²) < 4.78 is 51.3. The van der Waals surface area contributed by atoms with E-state index in [0.29, 0.717) is 17.2 Å². The van der Waals surface area contributed by atoms with Gasteiger partial charge in [-0.15, -0.1) is 0 Å². The number of carbonyl (C=O) groups excluding carboxylic acids is 1. The maximum Gasteiger partial charge on any atom is 0.411 e. The van der Waals surface area contributed by atoms with E-state index in [1.165, 1.54) is 19.2 Å². The van der Waals surface area contributed by atoms with Gasteiger partial charge in [0.15, 0.2) is 5.82 Å². The zero-order valence-electron chi connectivity index (χ0n) is 23.7. The molecule has 0 spiro atoms. The van der Waals surface area contributed by atoms with Crippen molar-refractivity contribution in [2.75, 3.05) is 30.4 Å². The second kappa shape index (κ2) is 13.2. The van der Waals surface area contributed by atoms with E-state index >= 15 is 0 Å². The predicted octanol–water partition coefficient (Wildman–Crippen LogP) is 6.00. The molecule has 2 N–H and O–H groups in total. The van der Waals surface area contributed by atoms with Crippen molar-refractivity contribution >= 4 is 27.6 Å². The van der Waals surface area contributed by atoms with Crippen LogP contribution >= 0.6 is 0 Å². The first kappa shape index (κ1) is 30.1. The van der Waals surface area contributed by atoms with E-state index in [9.17, 15) is 13.2 Å². The van der Waals surface area contributed by atoms with Crippen LogP contribution in [0.5, 0.6) is 23.1 Å². The molecule has 0 radical (unpaired) electrons. The van der Waals surface area contributed by atoms with Crippen LogP contribution in [0, 0.1) is 0 Å². The average molecular weight is 593 g/mol. The van der Waals surface area contributed by atoms with Gasteiger partial charge in [-0.1, -0.05) is 57.2 Å². The molecule has 0 aliphatic carbocycles. The fourth-order valence-corrected chi connectivity index (χ4v) is 4.69. The van der Waals surface area contributed by atoms with Gasteiger partial charge in [-0.25, -0.2) is 18.2 Å². The molecule has 220 valence electrons. The smallest absolute Gasteiger partial charge is 0.411 e. The highest BCUT2D eigenvalue weighted by molar-refractivity contribution is 7.92. The van der Waals surface area contributed by atoms with Crippen LogP contribution in [0.15, 0.2) is 90.1 Å². The van der Waals surface area contributed by atoms with Crippen molar-refractivity contribution in [1.29, 1.82) is 0 Å². The normalized spacial score (nSPS) is 11.3. The van der Waals surface area contributed by atoms with Crippen LogP contribution in [0.1, 0.15) is 26.3 Å². The number of para-hydroxylation sites is 1. The van der Waals surface area contributed by atoms with Crippen LogP contribution in [0.4, 0.5) is 16.3 Å². The first-order valence-electron chi connectivity index (χ1n) is 13.0. The molecule has 0 saturated carbocycles. The number of nitrogens with one attached hydrogen (secondary N) is 2. The van der Waals surface area contributed by atoms with Gasteiger partial charge in [-0.2, -0.15) is 4.98 Å². The zero-order valence-corrected chi connectivity index (χ0v) is 24.5. The number of carbonyl (C=O) groups is 1. The third-order valence-corrected chi connectivity index (χ3v) is 7.22. The molecular formula is C30H32N4O7S. The van der Waals surface area contributed by atoms with E-state index in [-0.39, 0.29) is 41.0 Å². The third-order valence-electron chi connectivity index (χ3n) is 5.87. The van der Waals surface area contributed by atoms with E-state index in [1.807, 2.05) is 26.8 Å². The molecular weight excluding hydrogens is 560 g/mol. The zero-order chi connectivity index (χ0) is 30.2. The molecule has 11 nitrogen and oxygen atoms in total. The van der Waals surface area contributed by atoms with Crippen LogP contribution < -0.4 is 24.2 Å². The standard InChI is InChI=1S/C30H32N4O7S/c1-30(2,3)21-13-15-25(16-14-21)42(36,37)34-27-26(41-24-12-8-11-23(19-24)38-4)28(32-20-31-27)39-17-18-40-29(35)33-22-9-6-5-7-10-22/h5-16,19-20H,17-18H2,1-4H3,(H,33,35)(H,31,32,34). The molecule has 1 amide bonds. The fraction of sp³-hybridized carbons (Fsp3) is 0.233. The Bertz CT molecular complexity index is 1610. The Morgan fingerprint density at radius 3 is 2.29 bits per heavy atom. The number of anilines is 2. The van der Waals surface area contributed by atoms with Crippen molar-refractivity contribution in [3.05, 3.63) is 90.8 Å². The molecule has 4 rings (SSSR count). The molecule has 1 heterocycles. The van der Waals surface area contributed by atoms with Gasteiger partial charge in [0.05, 0.1) is 12.0 Å². The Hall–Kier alpha value is -4.84. The lowest BCUT2D eigenvalue weighted by molar-refractivity contribution is 0.135. The van der Waals surface area contributed by atoms with E-state index in [0.717, 1.165) is 11.9 Å². The number of ether oxygens (including phenoxy) is 4. The monoisotopic (exact) mass is 592 g/mol. The summed E-state index contributed by atoms with van der Waals surface area (Å²) in [6.45, 7) is 5.90. The summed E-state index contributed by atoms with van der Waals surface area (Å²) in [6, 6.07) is 22.1. The second-order valence-electron chi connectivity index (χ2n) is 9.99. The molecule has 0 unspecified atom stereocenters. The molecule has 0 aliphatic heterocycles. The molecule has 0 saturated heterocycles. The van der Waals surface area contributed by atoms with E-state index < -0.39 is 16.1 Å². The summed E-state index contributed by atoms with van der Waals surface area (Å²) >= 11 is 0. The lowest BCUT2D eigenvalue weighted by atomic mass is 9.87. The summed E-state index contributed by atoms with van der Waals surface area (Å²) in [7, 11) is -2.55. The van der Waals surface area contributed by atoms with Crippen LogP contribution in [-0.2, 0) is 20.2 Å². The molecule has 12 heteroatoms. The Kier molecular flexibility index (Phi) is 9.48. The molecule has 3 aromatic carbocycles. The summed E-state index contributed by atoms with van der Waals surface area (Å²) in [5, 5.41) is 2.60. The lowest BCUT2D eigenvalue weighted by Gasteiger charge is -2.19. The van der Waals surface area contributed by atoms with Gasteiger partial charge in [0.1, 0.15) is 31.0 Å². The minimum absolute atomic E-state index is 0.0433. The maximum atomic E-state index is 13.3. The molecule has 42 heavy (non-hydrogen) atoms. The Labute approximate surface area is 244 Å². The molecule has 1 aromatic heterocycles. The minimum Gasteiger partial charge on any atom is -0.497 e. The lowest BCUT2D eigenvalue weighted by Crippen LogP contribution is -2.18. The van der Waals surface area contributed by atoms with Gasteiger partial charge in [0.25, 0.3) is 15.9 Å². The average Bonchev–Trinajstić information content (AvgIpc) is 2.97. The number of methoxy groups -OCH3 is 1. The topological polar surface area (TPSA) is 138 Å². The molecule has 0 fully saturated rings. The van der Waals surface area contributed by atoms with Crippen LogP contribution in [-0.4, -0.2) is 44.8 Å². The third kappa shape index (κ3) is 8.10. The Balaban J connectivity index is 1.54. The van der Waals surface area contributed by atoms with Crippen LogP contribution in [0.3, 0.4) is 0 Å². The van der Waals surface area contributed by atoms with E-state index in [1.54, 1.807) is 60.7 Å². The quantitative estimate of drug-likeness (QED) is 0.201. The number of hydrogen-bond acceptors (Lipinski definition) is 9. The van der Waals surface area contributed by atoms with Gasteiger partial charge in [-0.3, -0.25) is 10.0 Å². The van der Waals surface area contributed by atoms with Crippen molar-refractivity contribution in [3.63, 3.8) is 0 Å². The van der Waals surface area contributed by atoms with E-state index in [4.69, 9.17) is 18.9 Å². The number of benzene rings is 3. The fourth-order valence-electron chi connectivity index (χ4n) is 3.68. The van der Waals surface area contributed by atoms with Crippen molar-refractivity contribution in [3.8, 4) is 23.1 Å². The molecule has 4 aromatic rings. The summed E-state index contributed by atoms with van der Waals surface area (Å²) in [5.41, 5.74) is 1.43. The summed E-state index contributed by atoms with van der Waals surface area (Å²) in [4.78, 5) is 20.4. The number of sulfonamides is 1. The first-order chi connectivity index (χ1) is 20.0. The highest BCUT2D eigenvalue weighted by Gasteiger charge is 2.23. The van der Waals surface area contributed by atoms with Gasteiger partial charge < -0.3 is 18.9 Å². The highest BCUT2D eigenvalue weighted by atomic mass is 32.2. The number of amides is 1. The summed E-state index contributed by atoms with van der Waals surface area (Å²) in [5.74, 6) is 0.536. The van der Waals surface area contributed by atoms with Crippen molar-refractivity contribution in [2.24, 2.45) is 0 Å². The Morgan fingerprint density at radius 1 is 0.881 bits per heavy atom. The predicted molar refractivity (Wildman–Crippen MR) is 158 cm³/mol. The summed E-state index contributed by atoms with van der Waals surface area (Å²) in [6.07, 6.45) is 0.475. The molecule has 0 bridgehead atoms. The number of aromatic nitrogens is 2. The largest absolute Gasteiger partial charge is 0.497 e. The molecule has 0 atom stereocenters. The minimum atomic E-state index is -4.06. The number of hydrogen-bond donors (Lipinski definition) is 2. The van der Waals surface area contributed by atoms with Crippen molar-refractivity contribution in [1.82, 2.24) is 9.97 Å². The number of nitrogens with zero attached hydrogens (tertiary/aromatic N) is 2. The van der Waals surface area contributed by atoms with Crippen LogP contribution in [0.25, 0.3) is 0 Å². The molecule has 0 aliphatic rings. The number of rotatable bonds is 11. The van der Waals surface area contributed by atoms with Gasteiger partial charge in [0, 0.05) is 11.8 Å². The van der Waals surface area contributed by atoms with E-state index in [2.05, 4.69) is 20.0 Å². The SMILES string of the molecule is COc1cccc(Oc2c(NS(=O)(=O)c3ccc(C(C)(C)C)cc3)ncnc2OCCOC(=O)Nc2ccccc2)c1. The van der Waals surface area contributed by atoms with Gasteiger partial charge in [-0.05, 0) is 47.4 Å². The highest BCUT2D eigenvalue weighted by Crippen LogP contribution is 2.37.